The number of benzene rings is 3. The Morgan fingerprint density at radius 3 is 1.33 bits per heavy atom. The molecule has 0 aromatic heterocycles. The second kappa shape index (κ2) is 12.2. The maximum atomic E-state index is 12.8. The van der Waals surface area contributed by atoms with E-state index in [-0.39, 0.29) is 22.5 Å². The summed E-state index contributed by atoms with van der Waals surface area (Å²) < 4.78 is 10.2. The standard InChI is InChI=1S/C28H22N4O4/c1-35-23-11-7-19(8-12-23)15-21(17-29)27(33)31-25-5-3-4-6-26(25)32-28(34)22(18-30)16-20-9-13-24(36-2)14-10-20/h3-16H,1-2H3,(H,31,33)(H,32,34)/b21-15-,22-16-. The quantitative estimate of drug-likeness (QED) is 0.354. The largest absolute Gasteiger partial charge is 0.497 e. The number of hydrogen-bond acceptors (Lipinski definition) is 6. The van der Waals surface area contributed by atoms with Gasteiger partial charge in [-0.25, -0.2) is 0 Å². The zero-order valence-electron chi connectivity index (χ0n) is 19.6. The number of nitrogens with one attached hydrogen (secondary N) is 2. The molecule has 2 amide bonds. The molecule has 0 unspecified atom stereocenters. The predicted molar refractivity (Wildman–Crippen MR) is 137 cm³/mol. The average Bonchev–Trinajstić information content (AvgIpc) is 2.91. The van der Waals surface area contributed by atoms with Crippen molar-refractivity contribution in [3.05, 3.63) is 95.1 Å². The number of carbonyl (C=O) groups excluding carboxylic acids is 2. The van der Waals surface area contributed by atoms with Crippen LogP contribution in [0.25, 0.3) is 12.2 Å². The molecular weight excluding hydrogens is 456 g/mol. The van der Waals surface area contributed by atoms with Crippen LogP contribution in [0, 0.1) is 22.7 Å². The number of anilines is 2. The maximum absolute atomic E-state index is 12.8. The molecule has 0 heterocycles. The first-order valence-corrected chi connectivity index (χ1v) is 10.7. The number of carbonyl (C=O) groups is 2. The number of amides is 2. The Balaban J connectivity index is 1.78. The molecule has 8 heteroatoms. The fraction of sp³-hybridized carbons (Fsp3) is 0.0714. The van der Waals surface area contributed by atoms with Gasteiger partial charge in [-0.15, -0.1) is 0 Å². The van der Waals surface area contributed by atoms with Crippen molar-refractivity contribution in [3.8, 4) is 23.6 Å². The lowest BCUT2D eigenvalue weighted by atomic mass is 10.1. The predicted octanol–water partition coefficient (Wildman–Crippen LogP) is 4.80. The number of ether oxygens (including phenoxy) is 2. The van der Waals surface area contributed by atoms with E-state index in [0.29, 0.717) is 22.6 Å². The van der Waals surface area contributed by atoms with E-state index in [1.165, 1.54) is 12.2 Å². The number of nitriles is 2. The van der Waals surface area contributed by atoms with Crippen LogP contribution in [-0.4, -0.2) is 26.0 Å². The molecule has 0 aliphatic heterocycles. The molecule has 0 atom stereocenters. The Kier molecular flexibility index (Phi) is 8.58. The van der Waals surface area contributed by atoms with Gasteiger partial charge >= 0.3 is 0 Å². The van der Waals surface area contributed by atoms with Crippen molar-refractivity contribution in [1.82, 2.24) is 0 Å². The van der Waals surface area contributed by atoms with Crippen LogP contribution in [0.1, 0.15) is 11.1 Å². The number of nitrogens with zero attached hydrogens (tertiary/aromatic N) is 2. The summed E-state index contributed by atoms with van der Waals surface area (Å²) in [5.41, 5.74) is 1.58. The van der Waals surface area contributed by atoms with Gasteiger partial charge in [-0.2, -0.15) is 10.5 Å². The SMILES string of the molecule is COc1ccc(/C=C(/C#N)C(=O)Nc2ccccc2NC(=O)/C(C#N)=C\c2ccc(OC)cc2)cc1. The van der Waals surface area contributed by atoms with Crippen molar-refractivity contribution in [3.63, 3.8) is 0 Å². The van der Waals surface area contributed by atoms with E-state index in [1.807, 2.05) is 12.1 Å². The van der Waals surface area contributed by atoms with E-state index in [0.717, 1.165) is 0 Å². The Bertz CT molecular complexity index is 1280. The van der Waals surface area contributed by atoms with Crippen molar-refractivity contribution < 1.29 is 19.1 Å². The van der Waals surface area contributed by atoms with E-state index in [4.69, 9.17) is 9.47 Å². The topological polar surface area (TPSA) is 124 Å². The molecule has 0 bridgehead atoms. The maximum Gasteiger partial charge on any atom is 0.266 e. The lowest BCUT2D eigenvalue weighted by molar-refractivity contribution is -0.113. The molecule has 178 valence electrons. The molecular formula is C28H22N4O4. The molecule has 3 aromatic carbocycles. The molecule has 8 nitrogen and oxygen atoms in total. The summed E-state index contributed by atoms with van der Waals surface area (Å²) >= 11 is 0. The fourth-order valence-electron chi connectivity index (χ4n) is 3.11. The first-order chi connectivity index (χ1) is 17.5. The molecule has 2 N–H and O–H groups in total. The van der Waals surface area contributed by atoms with Crippen molar-refractivity contribution in [2.45, 2.75) is 0 Å². The number of hydrogen-bond donors (Lipinski definition) is 2. The van der Waals surface area contributed by atoms with Gasteiger partial charge in [0.15, 0.2) is 0 Å². The smallest absolute Gasteiger partial charge is 0.266 e. The minimum atomic E-state index is -0.649. The van der Waals surface area contributed by atoms with Gasteiger partial charge in [-0.05, 0) is 59.7 Å². The summed E-state index contributed by atoms with van der Waals surface area (Å²) in [4.78, 5) is 25.6. The Labute approximate surface area is 208 Å². The average molecular weight is 479 g/mol. The molecule has 0 spiro atoms. The van der Waals surface area contributed by atoms with Crippen LogP contribution >= 0.6 is 0 Å². The van der Waals surface area contributed by atoms with Crippen molar-refractivity contribution in [1.29, 1.82) is 10.5 Å². The number of rotatable bonds is 8. The third kappa shape index (κ3) is 6.60. The Morgan fingerprint density at radius 1 is 0.667 bits per heavy atom. The molecule has 36 heavy (non-hydrogen) atoms. The molecule has 0 radical (unpaired) electrons. The molecule has 0 saturated carbocycles. The van der Waals surface area contributed by atoms with Crippen LogP contribution < -0.4 is 20.1 Å². The van der Waals surface area contributed by atoms with E-state index in [2.05, 4.69) is 10.6 Å². The number of para-hydroxylation sites is 2. The lowest BCUT2D eigenvalue weighted by Crippen LogP contribution is -2.18. The minimum Gasteiger partial charge on any atom is -0.497 e. The highest BCUT2D eigenvalue weighted by Gasteiger charge is 2.15. The molecule has 0 aliphatic carbocycles. The fourth-order valence-corrected chi connectivity index (χ4v) is 3.11. The first kappa shape index (κ1) is 25.3. The summed E-state index contributed by atoms with van der Waals surface area (Å²) in [7, 11) is 3.09. The second-order valence-corrected chi connectivity index (χ2v) is 7.34. The summed E-state index contributed by atoms with van der Waals surface area (Å²) in [5.74, 6) is 0.00344. The second-order valence-electron chi connectivity index (χ2n) is 7.34. The Morgan fingerprint density at radius 2 is 1.03 bits per heavy atom. The van der Waals surface area contributed by atoms with Gasteiger partial charge in [0.25, 0.3) is 11.8 Å². The highest BCUT2D eigenvalue weighted by molar-refractivity contribution is 6.14. The van der Waals surface area contributed by atoms with E-state index in [1.54, 1.807) is 87.0 Å². The summed E-state index contributed by atoms with van der Waals surface area (Å²) in [5, 5.41) is 24.3. The van der Waals surface area contributed by atoms with Gasteiger partial charge in [0.1, 0.15) is 34.8 Å². The lowest BCUT2D eigenvalue weighted by Gasteiger charge is -2.12. The van der Waals surface area contributed by atoms with Crippen LogP contribution in [0.5, 0.6) is 11.5 Å². The molecule has 0 fully saturated rings. The van der Waals surface area contributed by atoms with E-state index in [9.17, 15) is 20.1 Å². The molecule has 3 rings (SSSR count). The highest BCUT2D eigenvalue weighted by atomic mass is 16.5. The van der Waals surface area contributed by atoms with E-state index >= 15 is 0 Å². The summed E-state index contributed by atoms with van der Waals surface area (Å²) in [6, 6.07) is 24.0. The van der Waals surface area contributed by atoms with Crippen molar-refractivity contribution in [2.75, 3.05) is 24.9 Å². The van der Waals surface area contributed by atoms with Crippen LogP contribution in [0.15, 0.2) is 83.9 Å². The van der Waals surface area contributed by atoms with Gasteiger partial charge in [-0.3, -0.25) is 9.59 Å². The van der Waals surface area contributed by atoms with Crippen LogP contribution in [0.3, 0.4) is 0 Å². The monoisotopic (exact) mass is 478 g/mol. The molecule has 0 saturated heterocycles. The van der Waals surface area contributed by atoms with Crippen molar-refractivity contribution in [2.24, 2.45) is 0 Å². The van der Waals surface area contributed by atoms with Crippen LogP contribution in [-0.2, 0) is 9.59 Å². The zero-order valence-corrected chi connectivity index (χ0v) is 19.6. The summed E-state index contributed by atoms with van der Waals surface area (Å²) in [6.45, 7) is 0. The van der Waals surface area contributed by atoms with Gasteiger partial charge < -0.3 is 20.1 Å². The third-order valence-electron chi connectivity index (χ3n) is 5.01. The molecule has 0 aliphatic rings. The first-order valence-electron chi connectivity index (χ1n) is 10.7. The highest BCUT2D eigenvalue weighted by Crippen LogP contribution is 2.23. The Hall–Kier alpha value is -5.34. The van der Waals surface area contributed by atoms with Crippen LogP contribution in [0.4, 0.5) is 11.4 Å². The van der Waals surface area contributed by atoms with Crippen molar-refractivity contribution >= 4 is 35.3 Å². The normalized spacial score (nSPS) is 11.0. The van der Waals surface area contributed by atoms with Gasteiger partial charge in [0, 0.05) is 0 Å². The van der Waals surface area contributed by atoms with Gasteiger partial charge in [-0.1, -0.05) is 36.4 Å². The van der Waals surface area contributed by atoms with Gasteiger partial charge in [0.05, 0.1) is 25.6 Å². The summed E-state index contributed by atoms with van der Waals surface area (Å²) in [6.07, 6.45) is 2.89. The molecule has 3 aromatic rings. The van der Waals surface area contributed by atoms with Crippen LogP contribution in [0.2, 0.25) is 0 Å². The van der Waals surface area contributed by atoms with Gasteiger partial charge in [0.2, 0.25) is 0 Å². The minimum absolute atomic E-state index is 0.126. The third-order valence-corrected chi connectivity index (χ3v) is 5.01. The zero-order chi connectivity index (χ0) is 25.9. The number of methoxy groups -OCH3 is 2. The van der Waals surface area contributed by atoms with E-state index < -0.39 is 11.8 Å².